The molecule has 0 amide bonds. The molecule has 1 aliphatic heterocycles. The van der Waals surface area contributed by atoms with E-state index in [2.05, 4.69) is 10.1 Å². The Morgan fingerprint density at radius 1 is 1.14 bits per heavy atom. The van der Waals surface area contributed by atoms with Crippen LogP contribution in [0.4, 0.5) is 0 Å². The van der Waals surface area contributed by atoms with Crippen LogP contribution in [-0.2, 0) is 4.79 Å². The van der Waals surface area contributed by atoms with Gasteiger partial charge in [-0.1, -0.05) is 13.8 Å². The van der Waals surface area contributed by atoms with E-state index in [0.29, 0.717) is 6.42 Å². The van der Waals surface area contributed by atoms with Gasteiger partial charge in [-0.05, 0) is 25.7 Å². The first-order valence-electron chi connectivity index (χ1n) is 5.63. The summed E-state index contributed by atoms with van der Waals surface area (Å²) < 4.78 is 0. The van der Waals surface area contributed by atoms with Crippen molar-refractivity contribution in [2.24, 2.45) is 5.10 Å². The van der Waals surface area contributed by atoms with Crippen LogP contribution in [0.1, 0.15) is 46.0 Å². The molecule has 0 atom stereocenters. The van der Waals surface area contributed by atoms with E-state index in [1.165, 1.54) is 19.3 Å². The molecule has 0 unspecified atom stereocenters. The van der Waals surface area contributed by atoms with Crippen molar-refractivity contribution >= 4 is 11.5 Å². The second-order valence-electron chi connectivity index (χ2n) is 3.69. The summed E-state index contributed by atoms with van der Waals surface area (Å²) in [6, 6.07) is 0. The number of hydrazone groups is 1. The van der Waals surface area contributed by atoms with E-state index in [9.17, 15) is 4.79 Å². The van der Waals surface area contributed by atoms with Crippen LogP contribution in [0.3, 0.4) is 0 Å². The molecular formula is C11H20N2O. The molecule has 1 fully saturated rings. The largest absolute Gasteiger partial charge is 0.297 e. The average Bonchev–Trinajstić information content (AvgIpc) is 2.26. The molecule has 1 heterocycles. The molecule has 1 rings (SSSR count). The Balaban J connectivity index is 2.56. The monoisotopic (exact) mass is 196 g/mol. The fourth-order valence-corrected chi connectivity index (χ4v) is 1.68. The Morgan fingerprint density at radius 2 is 1.79 bits per heavy atom. The van der Waals surface area contributed by atoms with Gasteiger partial charge in [-0.25, -0.2) is 0 Å². The Kier molecular flexibility index (Phi) is 4.63. The molecular weight excluding hydrogens is 176 g/mol. The number of carbonyl (C=O) groups excluding carboxylic acids is 1. The summed E-state index contributed by atoms with van der Waals surface area (Å²) in [4.78, 5) is 11.5. The second kappa shape index (κ2) is 5.78. The second-order valence-corrected chi connectivity index (χ2v) is 3.69. The molecule has 0 spiro atoms. The normalized spacial score (nSPS) is 18.4. The van der Waals surface area contributed by atoms with Crippen molar-refractivity contribution in [2.75, 3.05) is 13.1 Å². The zero-order valence-electron chi connectivity index (χ0n) is 9.25. The first-order valence-corrected chi connectivity index (χ1v) is 5.63. The minimum absolute atomic E-state index is 0.193. The van der Waals surface area contributed by atoms with Gasteiger partial charge in [-0.2, -0.15) is 5.10 Å². The zero-order valence-corrected chi connectivity index (χ0v) is 9.25. The van der Waals surface area contributed by atoms with E-state index in [1.807, 2.05) is 13.8 Å². The highest BCUT2D eigenvalue weighted by Gasteiger charge is 2.11. The molecule has 1 aliphatic rings. The topological polar surface area (TPSA) is 32.7 Å². The Labute approximate surface area is 86.2 Å². The van der Waals surface area contributed by atoms with Gasteiger partial charge < -0.3 is 0 Å². The van der Waals surface area contributed by atoms with Crippen LogP contribution < -0.4 is 0 Å². The van der Waals surface area contributed by atoms with Crippen molar-refractivity contribution in [1.29, 1.82) is 0 Å². The van der Waals surface area contributed by atoms with Crippen LogP contribution in [0, 0.1) is 0 Å². The highest BCUT2D eigenvalue weighted by molar-refractivity contribution is 6.39. The number of ketones is 1. The predicted octanol–water partition coefficient (Wildman–Crippen LogP) is 2.22. The number of Topliss-reactive ketones (excluding diaryl/α,β-unsaturated/α-hetero) is 1. The molecule has 1 saturated heterocycles. The molecule has 0 N–H and O–H groups in total. The summed E-state index contributed by atoms with van der Waals surface area (Å²) in [5.41, 5.74) is 0.745. The van der Waals surface area contributed by atoms with Gasteiger partial charge in [0.1, 0.15) is 5.71 Å². The van der Waals surface area contributed by atoms with E-state index >= 15 is 0 Å². The first-order chi connectivity index (χ1) is 6.77. The number of piperidine rings is 1. The quantitative estimate of drug-likeness (QED) is 0.646. The lowest BCUT2D eigenvalue weighted by Gasteiger charge is -2.24. The Morgan fingerprint density at radius 3 is 2.29 bits per heavy atom. The lowest BCUT2D eigenvalue weighted by Crippen LogP contribution is -2.27. The number of nitrogens with zero attached hydrogens (tertiary/aromatic N) is 2. The third kappa shape index (κ3) is 3.13. The summed E-state index contributed by atoms with van der Waals surface area (Å²) >= 11 is 0. The van der Waals surface area contributed by atoms with Gasteiger partial charge in [0.15, 0.2) is 5.78 Å². The van der Waals surface area contributed by atoms with Gasteiger partial charge in [0.05, 0.1) is 0 Å². The standard InChI is InChI=1S/C11H20N2O/c1-3-10(11(14)4-2)12-13-8-6-5-7-9-13/h3-9H2,1-2H3/b12-10+. The molecule has 0 aliphatic carbocycles. The van der Waals surface area contributed by atoms with Crippen molar-refractivity contribution in [3.8, 4) is 0 Å². The van der Waals surface area contributed by atoms with Crippen LogP contribution >= 0.6 is 0 Å². The minimum Gasteiger partial charge on any atom is -0.297 e. The first kappa shape index (κ1) is 11.2. The van der Waals surface area contributed by atoms with Gasteiger partial charge in [0.2, 0.25) is 0 Å². The van der Waals surface area contributed by atoms with E-state index in [4.69, 9.17) is 0 Å². The summed E-state index contributed by atoms with van der Waals surface area (Å²) in [5, 5.41) is 6.48. The maximum Gasteiger partial charge on any atom is 0.178 e. The molecule has 14 heavy (non-hydrogen) atoms. The van der Waals surface area contributed by atoms with Crippen LogP contribution in [0.25, 0.3) is 0 Å². The summed E-state index contributed by atoms with van der Waals surface area (Å²) in [5.74, 6) is 0.193. The van der Waals surface area contributed by atoms with Crippen molar-refractivity contribution in [1.82, 2.24) is 5.01 Å². The third-order valence-corrected chi connectivity index (χ3v) is 2.57. The summed E-state index contributed by atoms with van der Waals surface area (Å²) in [6.07, 6.45) is 5.04. The van der Waals surface area contributed by atoms with Gasteiger partial charge >= 0.3 is 0 Å². The highest BCUT2D eigenvalue weighted by atomic mass is 16.1. The van der Waals surface area contributed by atoms with Crippen LogP contribution in [-0.4, -0.2) is 29.6 Å². The number of carbonyl (C=O) groups is 1. The fraction of sp³-hybridized carbons (Fsp3) is 0.818. The predicted molar refractivity (Wildman–Crippen MR) is 58.4 cm³/mol. The molecule has 80 valence electrons. The smallest absolute Gasteiger partial charge is 0.178 e. The molecule has 3 heteroatoms. The van der Waals surface area contributed by atoms with Crippen LogP contribution in [0.2, 0.25) is 0 Å². The van der Waals surface area contributed by atoms with Gasteiger partial charge in [0.25, 0.3) is 0 Å². The molecule has 3 nitrogen and oxygen atoms in total. The number of hydrogen-bond donors (Lipinski definition) is 0. The third-order valence-electron chi connectivity index (χ3n) is 2.57. The van der Waals surface area contributed by atoms with Gasteiger partial charge in [-0.3, -0.25) is 9.80 Å². The molecule has 0 aromatic carbocycles. The fourth-order valence-electron chi connectivity index (χ4n) is 1.68. The van der Waals surface area contributed by atoms with E-state index in [-0.39, 0.29) is 5.78 Å². The van der Waals surface area contributed by atoms with Crippen molar-refractivity contribution < 1.29 is 4.79 Å². The maximum absolute atomic E-state index is 11.5. The average molecular weight is 196 g/mol. The van der Waals surface area contributed by atoms with Crippen LogP contribution in [0.15, 0.2) is 5.10 Å². The summed E-state index contributed by atoms with van der Waals surface area (Å²) in [6.45, 7) is 5.92. The Hall–Kier alpha value is -0.860. The van der Waals surface area contributed by atoms with Crippen molar-refractivity contribution in [2.45, 2.75) is 46.0 Å². The maximum atomic E-state index is 11.5. The van der Waals surface area contributed by atoms with Crippen molar-refractivity contribution in [3.63, 3.8) is 0 Å². The Bertz CT molecular complexity index is 217. The molecule has 0 bridgehead atoms. The zero-order chi connectivity index (χ0) is 10.4. The van der Waals surface area contributed by atoms with E-state index in [0.717, 1.165) is 25.2 Å². The van der Waals surface area contributed by atoms with Gasteiger partial charge in [-0.15, -0.1) is 0 Å². The minimum atomic E-state index is 0.193. The number of rotatable bonds is 4. The van der Waals surface area contributed by atoms with Crippen molar-refractivity contribution in [3.05, 3.63) is 0 Å². The SMILES string of the molecule is CCC(=O)/C(CC)=N/N1CCCCC1. The van der Waals surface area contributed by atoms with Gasteiger partial charge in [0, 0.05) is 19.5 Å². The lowest BCUT2D eigenvalue weighted by atomic mass is 10.1. The highest BCUT2D eigenvalue weighted by Crippen LogP contribution is 2.09. The lowest BCUT2D eigenvalue weighted by molar-refractivity contribution is -0.112. The van der Waals surface area contributed by atoms with E-state index < -0.39 is 0 Å². The number of hydrogen-bond acceptors (Lipinski definition) is 3. The van der Waals surface area contributed by atoms with Crippen LogP contribution in [0.5, 0.6) is 0 Å². The van der Waals surface area contributed by atoms with E-state index in [1.54, 1.807) is 0 Å². The molecule has 0 aromatic rings. The summed E-state index contributed by atoms with van der Waals surface area (Å²) in [7, 11) is 0. The molecule has 0 aromatic heterocycles. The molecule has 0 saturated carbocycles. The molecule has 0 radical (unpaired) electrons.